The summed E-state index contributed by atoms with van der Waals surface area (Å²) in [6.07, 6.45) is 0. The summed E-state index contributed by atoms with van der Waals surface area (Å²) < 4.78 is 8.18. The Hall–Kier alpha value is -7.17. The van der Waals surface area contributed by atoms with Gasteiger partial charge >= 0.3 is 0 Å². The Kier molecular flexibility index (Phi) is 7.66. The molecular weight excluding hydrogens is 659 g/mol. The van der Waals surface area contributed by atoms with Gasteiger partial charge in [-0.1, -0.05) is 146 Å². The smallest absolute Gasteiger partial charge is 0.145 e. The third kappa shape index (κ3) is 5.19. The molecule has 4 nitrogen and oxygen atoms in total. The average molecular weight is 694 g/mol. The first-order chi connectivity index (χ1) is 26.8. The van der Waals surface area contributed by atoms with Gasteiger partial charge in [0.25, 0.3) is 0 Å². The van der Waals surface area contributed by atoms with E-state index in [1.54, 1.807) is 7.11 Å². The Labute approximate surface area is 313 Å². The quantitative estimate of drug-likeness (QED) is 0.156. The van der Waals surface area contributed by atoms with Crippen molar-refractivity contribution < 1.29 is 4.74 Å². The number of hydrogen-bond donors (Lipinski definition) is 0. The van der Waals surface area contributed by atoms with Crippen molar-refractivity contribution in [3.8, 4) is 34.0 Å². The summed E-state index contributed by atoms with van der Waals surface area (Å²) in [6.45, 7) is 0. The molecule has 0 saturated heterocycles. The number of para-hydroxylation sites is 2. The molecule has 10 aromatic rings. The fourth-order valence-electron chi connectivity index (χ4n) is 7.98. The second kappa shape index (κ2) is 13.1. The van der Waals surface area contributed by atoms with Gasteiger partial charge in [0.05, 0.1) is 23.8 Å². The molecular formula is C50H35N3O. The zero-order valence-corrected chi connectivity index (χ0v) is 29.7. The second-order valence-electron chi connectivity index (χ2n) is 13.5. The highest BCUT2D eigenvalue weighted by atomic mass is 16.5. The third-order valence-corrected chi connectivity index (χ3v) is 10.5. The van der Waals surface area contributed by atoms with Crippen LogP contribution in [0, 0.1) is 0 Å². The molecule has 1 aromatic heterocycles. The maximum Gasteiger partial charge on any atom is 0.145 e. The molecule has 9 aromatic carbocycles. The van der Waals surface area contributed by atoms with Gasteiger partial charge in [-0.05, 0) is 70.4 Å². The van der Waals surface area contributed by atoms with E-state index in [1.165, 1.54) is 16.2 Å². The van der Waals surface area contributed by atoms with Crippen LogP contribution in [0.2, 0.25) is 0 Å². The van der Waals surface area contributed by atoms with Crippen LogP contribution in [-0.4, -0.2) is 16.7 Å². The molecule has 0 amide bonds. The van der Waals surface area contributed by atoms with Crippen molar-refractivity contribution in [2.24, 2.45) is 0 Å². The van der Waals surface area contributed by atoms with Crippen LogP contribution in [0.25, 0.3) is 71.6 Å². The summed E-state index contributed by atoms with van der Waals surface area (Å²) in [7, 11) is 1.73. The largest absolute Gasteiger partial charge is 0.496 e. The van der Waals surface area contributed by atoms with Crippen molar-refractivity contribution >= 4 is 60.4 Å². The zero-order chi connectivity index (χ0) is 36.0. The minimum Gasteiger partial charge on any atom is -0.496 e. The van der Waals surface area contributed by atoms with Crippen LogP contribution in [0.4, 0.5) is 17.1 Å². The van der Waals surface area contributed by atoms with Crippen molar-refractivity contribution in [1.29, 1.82) is 0 Å². The predicted octanol–water partition coefficient (Wildman–Crippen LogP) is 13.3. The molecule has 0 bridgehead atoms. The maximum atomic E-state index is 5.82. The molecule has 0 atom stereocenters. The second-order valence-corrected chi connectivity index (χ2v) is 13.5. The molecule has 0 unspecified atom stereocenters. The van der Waals surface area contributed by atoms with Crippen molar-refractivity contribution in [2.75, 3.05) is 12.0 Å². The summed E-state index contributed by atoms with van der Waals surface area (Å²) in [5.74, 6) is 1.74. The van der Waals surface area contributed by atoms with Crippen LogP contribution in [0.5, 0.6) is 5.75 Å². The summed E-state index contributed by atoms with van der Waals surface area (Å²) >= 11 is 0. The number of benzene rings is 9. The van der Waals surface area contributed by atoms with E-state index in [1.807, 2.05) is 0 Å². The fraction of sp³-hybridized carbons (Fsp3) is 0.0200. The van der Waals surface area contributed by atoms with E-state index in [2.05, 4.69) is 204 Å². The van der Waals surface area contributed by atoms with Crippen LogP contribution in [0.1, 0.15) is 0 Å². The highest BCUT2D eigenvalue weighted by Crippen LogP contribution is 2.42. The Morgan fingerprint density at radius 3 is 1.48 bits per heavy atom. The topological polar surface area (TPSA) is 30.3 Å². The monoisotopic (exact) mass is 693 g/mol. The van der Waals surface area contributed by atoms with Crippen molar-refractivity contribution in [3.05, 3.63) is 194 Å². The first-order valence-corrected chi connectivity index (χ1v) is 18.3. The first-order valence-electron chi connectivity index (χ1n) is 18.3. The van der Waals surface area contributed by atoms with Gasteiger partial charge < -0.3 is 9.64 Å². The number of methoxy groups -OCH3 is 1. The van der Waals surface area contributed by atoms with Gasteiger partial charge in [0.1, 0.15) is 11.6 Å². The highest BCUT2D eigenvalue weighted by Gasteiger charge is 2.22. The van der Waals surface area contributed by atoms with Crippen LogP contribution in [0.3, 0.4) is 0 Å². The van der Waals surface area contributed by atoms with Crippen molar-refractivity contribution in [1.82, 2.24) is 9.55 Å². The number of ether oxygens (including phenoxy) is 1. The molecule has 54 heavy (non-hydrogen) atoms. The molecule has 1 heterocycles. The zero-order valence-electron chi connectivity index (χ0n) is 29.7. The number of anilines is 3. The summed E-state index contributed by atoms with van der Waals surface area (Å²) in [4.78, 5) is 7.79. The number of aromatic nitrogens is 2. The molecule has 256 valence electrons. The highest BCUT2D eigenvalue weighted by molar-refractivity contribution is 6.24. The van der Waals surface area contributed by atoms with Crippen LogP contribution >= 0.6 is 0 Å². The number of rotatable bonds is 7. The summed E-state index contributed by atoms with van der Waals surface area (Å²) in [6, 6.07) is 68.7. The molecule has 4 heteroatoms. The SMILES string of the molecule is COc1ccc(-n2c(-c3ccc(-c4ccc(N(c5ccccc5)c5ccccc5)cc4)cc3)nc3c4ccccc4c4ccccc4c32)c2ccccc12. The summed E-state index contributed by atoms with van der Waals surface area (Å²) in [5, 5.41) is 6.89. The van der Waals surface area contributed by atoms with Crippen molar-refractivity contribution in [3.63, 3.8) is 0 Å². The lowest BCUT2D eigenvalue weighted by molar-refractivity contribution is 0.420. The van der Waals surface area contributed by atoms with Gasteiger partial charge in [-0.2, -0.15) is 0 Å². The van der Waals surface area contributed by atoms with E-state index in [4.69, 9.17) is 9.72 Å². The Morgan fingerprint density at radius 2 is 0.870 bits per heavy atom. The molecule has 0 saturated carbocycles. The molecule has 0 N–H and O–H groups in total. The van der Waals surface area contributed by atoms with Crippen LogP contribution in [-0.2, 0) is 0 Å². The molecule has 0 aliphatic heterocycles. The normalized spacial score (nSPS) is 11.4. The lowest BCUT2D eigenvalue weighted by Gasteiger charge is -2.25. The maximum absolute atomic E-state index is 5.82. The molecule has 0 aliphatic rings. The minimum atomic E-state index is 0.849. The third-order valence-electron chi connectivity index (χ3n) is 10.5. The molecule has 0 aliphatic carbocycles. The van der Waals surface area contributed by atoms with E-state index >= 15 is 0 Å². The van der Waals surface area contributed by atoms with E-state index in [-0.39, 0.29) is 0 Å². The van der Waals surface area contributed by atoms with Crippen LogP contribution in [0.15, 0.2) is 194 Å². The number of imidazole rings is 1. The van der Waals surface area contributed by atoms with E-state index in [0.717, 1.165) is 78.2 Å². The van der Waals surface area contributed by atoms with Gasteiger partial charge in [-0.3, -0.25) is 4.57 Å². The lowest BCUT2D eigenvalue weighted by atomic mass is 9.99. The van der Waals surface area contributed by atoms with Crippen molar-refractivity contribution in [2.45, 2.75) is 0 Å². The van der Waals surface area contributed by atoms with Gasteiger partial charge in [-0.25, -0.2) is 4.98 Å². The lowest BCUT2D eigenvalue weighted by Crippen LogP contribution is -2.09. The number of fused-ring (bicyclic) bond motifs is 7. The standard InChI is InChI=1S/C50H35N3O/c1-54-47-33-32-46(42-20-10-11-21-43(42)47)53-49-45-23-13-9-19-41(45)40-18-8-12-22-44(40)48(49)51-50(53)36-26-24-34(25-27-36)35-28-30-39(31-29-35)52(37-14-4-2-5-15-37)38-16-6-3-7-17-38/h2-33H,1H3. The Bertz CT molecular complexity index is 2910. The Morgan fingerprint density at radius 1 is 0.407 bits per heavy atom. The van der Waals surface area contributed by atoms with E-state index < -0.39 is 0 Å². The van der Waals surface area contributed by atoms with Gasteiger partial charge in [0.15, 0.2) is 0 Å². The molecule has 0 radical (unpaired) electrons. The van der Waals surface area contributed by atoms with E-state index in [9.17, 15) is 0 Å². The molecule has 0 fully saturated rings. The number of nitrogens with zero attached hydrogens (tertiary/aromatic N) is 3. The predicted molar refractivity (Wildman–Crippen MR) is 226 cm³/mol. The Balaban J connectivity index is 1.13. The average Bonchev–Trinajstić information content (AvgIpc) is 3.65. The minimum absolute atomic E-state index is 0.849. The van der Waals surface area contributed by atoms with E-state index in [0.29, 0.717) is 0 Å². The fourth-order valence-corrected chi connectivity index (χ4v) is 7.98. The number of hydrogen-bond acceptors (Lipinski definition) is 3. The van der Waals surface area contributed by atoms with Gasteiger partial charge in [0.2, 0.25) is 0 Å². The van der Waals surface area contributed by atoms with Gasteiger partial charge in [0, 0.05) is 44.2 Å². The first kappa shape index (κ1) is 31.6. The summed E-state index contributed by atoms with van der Waals surface area (Å²) in [5.41, 5.74) is 9.82. The molecule has 0 spiro atoms. The molecule has 10 rings (SSSR count). The van der Waals surface area contributed by atoms with Gasteiger partial charge in [-0.15, -0.1) is 0 Å². The van der Waals surface area contributed by atoms with Crippen LogP contribution < -0.4 is 9.64 Å².